The molecule has 0 fully saturated rings. The number of carboxylic acid groups (broad SMARTS) is 1. The number of aryl methyl sites for hydroxylation is 3. The molecule has 1 aromatic heterocycles. The molecule has 216 valence electrons. The molecule has 0 spiro atoms. The molecular formula is C36H44N2O3. The highest BCUT2D eigenvalue weighted by molar-refractivity contribution is 5.96. The molecule has 0 saturated heterocycles. The minimum Gasteiger partial charge on any atom is -0.478 e. The normalized spacial score (nSPS) is 11.3. The van der Waals surface area contributed by atoms with Crippen molar-refractivity contribution in [3.8, 4) is 11.1 Å². The molecule has 41 heavy (non-hydrogen) atoms. The highest BCUT2D eigenvalue weighted by Gasteiger charge is 2.16. The van der Waals surface area contributed by atoms with Gasteiger partial charge in [0.2, 0.25) is 0 Å². The molecule has 5 heteroatoms. The second kappa shape index (κ2) is 14.8. The lowest BCUT2D eigenvalue weighted by Gasteiger charge is -2.11. The van der Waals surface area contributed by atoms with Gasteiger partial charge in [-0.1, -0.05) is 95.3 Å². The van der Waals surface area contributed by atoms with E-state index in [1.165, 1.54) is 19.3 Å². The second-order valence-corrected chi connectivity index (χ2v) is 11.1. The number of aromatic carboxylic acids is 1. The second-order valence-electron chi connectivity index (χ2n) is 11.1. The smallest absolute Gasteiger partial charge is 0.336 e. The zero-order chi connectivity index (χ0) is 29.2. The quantitative estimate of drug-likeness (QED) is 0.150. The first-order valence-corrected chi connectivity index (χ1v) is 15.4. The molecule has 0 aliphatic rings. The Kier molecular flexibility index (Phi) is 10.9. The monoisotopic (exact) mass is 552 g/mol. The Bertz CT molecular complexity index is 1520. The number of rotatable bonds is 15. The van der Waals surface area contributed by atoms with E-state index in [-0.39, 0.29) is 5.43 Å². The molecular weight excluding hydrogens is 508 g/mol. The number of carbonyl (C=O) groups is 1. The summed E-state index contributed by atoms with van der Waals surface area (Å²) in [5, 5.41) is 9.64. The third-order valence-electron chi connectivity index (χ3n) is 7.94. The van der Waals surface area contributed by atoms with Crippen molar-refractivity contribution in [3.63, 3.8) is 0 Å². The highest BCUT2D eigenvalue weighted by atomic mass is 16.4. The average molecular weight is 553 g/mol. The molecule has 0 aliphatic carbocycles. The summed E-state index contributed by atoms with van der Waals surface area (Å²) >= 11 is 0. The highest BCUT2D eigenvalue weighted by Crippen LogP contribution is 2.26. The zero-order valence-electron chi connectivity index (χ0n) is 24.9. The first-order valence-electron chi connectivity index (χ1n) is 15.4. The van der Waals surface area contributed by atoms with Crippen molar-refractivity contribution in [1.82, 2.24) is 9.55 Å². The van der Waals surface area contributed by atoms with Gasteiger partial charge < -0.3 is 9.67 Å². The molecule has 4 rings (SSSR count). The van der Waals surface area contributed by atoms with Gasteiger partial charge in [-0.15, -0.1) is 0 Å². The van der Waals surface area contributed by atoms with Crippen LogP contribution in [0.15, 0.2) is 65.5 Å². The Balaban J connectivity index is 1.78. The molecule has 0 amide bonds. The minimum absolute atomic E-state index is 0.183. The van der Waals surface area contributed by atoms with Crippen LogP contribution in [0.25, 0.3) is 22.2 Å². The van der Waals surface area contributed by atoms with Gasteiger partial charge in [0.25, 0.3) is 0 Å². The number of aromatic nitrogens is 2. The number of benzene rings is 2. The summed E-state index contributed by atoms with van der Waals surface area (Å²) in [6.45, 7) is 7.20. The predicted octanol–water partition coefficient (Wildman–Crippen LogP) is 8.62. The van der Waals surface area contributed by atoms with Gasteiger partial charge in [-0.3, -0.25) is 4.79 Å². The molecule has 0 bridgehead atoms. The van der Waals surface area contributed by atoms with Crippen LogP contribution in [0.2, 0.25) is 0 Å². The Labute approximate surface area is 244 Å². The summed E-state index contributed by atoms with van der Waals surface area (Å²) in [6.07, 6.45) is 11.2. The van der Waals surface area contributed by atoms with Gasteiger partial charge in [0.15, 0.2) is 5.43 Å². The summed E-state index contributed by atoms with van der Waals surface area (Å²) in [7, 11) is 0. The van der Waals surface area contributed by atoms with E-state index in [9.17, 15) is 14.7 Å². The predicted molar refractivity (Wildman–Crippen MR) is 169 cm³/mol. The molecule has 0 atom stereocenters. The zero-order valence-corrected chi connectivity index (χ0v) is 24.9. The van der Waals surface area contributed by atoms with Crippen LogP contribution < -0.4 is 5.43 Å². The summed E-state index contributed by atoms with van der Waals surface area (Å²) < 4.78 is 2.31. The number of nitrogens with zero attached hydrogens (tertiary/aromatic N) is 2. The van der Waals surface area contributed by atoms with E-state index in [2.05, 4.69) is 49.6 Å². The van der Waals surface area contributed by atoms with Crippen LogP contribution in [0, 0.1) is 0 Å². The Morgan fingerprint density at radius 1 is 0.780 bits per heavy atom. The maximum Gasteiger partial charge on any atom is 0.336 e. The van der Waals surface area contributed by atoms with Gasteiger partial charge in [0.1, 0.15) is 5.82 Å². The van der Waals surface area contributed by atoms with Crippen molar-refractivity contribution in [2.75, 3.05) is 0 Å². The van der Waals surface area contributed by atoms with E-state index in [0.717, 1.165) is 90.5 Å². The van der Waals surface area contributed by atoms with Gasteiger partial charge >= 0.3 is 5.97 Å². The van der Waals surface area contributed by atoms with E-state index in [4.69, 9.17) is 4.98 Å². The first kappa shape index (κ1) is 30.2. The lowest BCUT2D eigenvalue weighted by Crippen LogP contribution is -2.12. The number of hydrogen-bond acceptors (Lipinski definition) is 3. The number of imidazole rings is 1. The van der Waals surface area contributed by atoms with Crippen molar-refractivity contribution in [2.45, 2.75) is 97.9 Å². The Morgan fingerprint density at radius 2 is 1.44 bits per heavy atom. The van der Waals surface area contributed by atoms with Gasteiger partial charge in [0.05, 0.1) is 16.6 Å². The molecule has 5 nitrogen and oxygen atoms in total. The third kappa shape index (κ3) is 7.52. The largest absolute Gasteiger partial charge is 0.478 e. The van der Waals surface area contributed by atoms with Crippen molar-refractivity contribution in [1.29, 1.82) is 0 Å². The van der Waals surface area contributed by atoms with Crippen LogP contribution in [0.1, 0.15) is 105 Å². The van der Waals surface area contributed by atoms with Gasteiger partial charge in [0, 0.05) is 24.1 Å². The molecule has 4 aromatic rings. The standard InChI is InChI=1S/C36H44N2O3/c1-4-7-10-11-18-34-37-32-23-28(14-8-5-2)35(39)29(15-9-6-3)24-33(32)38(34)25-26-19-21-27(22-20-26)30-16-12-13-17-31(30)36(40)41/h12-13,16-17,19-24H,4-11,14-15,18,25H2,1-3H3,(H,40,41). The Hall–Kier alpha value is -3.73. The molecule has 0 radical (unpaired) electrons. The van der Waals surface area contributed by atoms with Crippen LogP contribution >= 0.6 is 0 Å². The molecule has 1 heterocycles. The summed E-state index contributed by atoms with van der Waals surface area (Å²) in [5.41, 5.74) is 6.92. The van der Waals surface area contributed by atoms with Crippen LogP contribution in [0.4, 0.5) is 0 Å². The van der Waals surface area contributed by atoms with Crippen LogP contribution in [0.5, 0.6) is 0 Å². The fraction of sp³-hybridized carbons (Fsp3) is 0.417. The number of hydrogen-bond donors (Lipinski definition) is 1. The van der Waals surface area contributed by atoms with E-state index in [1.54, 1.807) is 12.1 Å². The number of unbranched alkanes of at least 4 members (excludes halogenated alkanes) is 5. The molecule has 1 N–H and O–H groups in total. The van der Waals surface area contributed by atoms with Gasteiger partial charge in [-0.05, 0) is 67.0 Å². The molecule has 0 unspecified atom stereocenters. The van der Waals surface area contributed by atoms with Crippen LogP contribution in [0.3, 0.4) is 0 Å². The van der Waals surface area contributed by atoms with Crippen molar-refractivity contribution in [3.05, 3.63) is 99.0 Å². The SMILES string of the molecule is CCCCCCc1nc2cc(CCCC)c(=O)c(CCCC)cc2n1Cc1ccc(-c2ccccc2C(=O)O)cc1. The van der Waals surface area contributed by atoms with E-state index >= 15 is 0 Å². The molecule has 3 aromatic carbocycles. The number of carboxylic acids is 1. The van der Waals surface area contributed by atoms with Gasteiger partial charge in [-0.25, -0.2) is 9.78 Å². The van der Waals surface area contributed by atoms with E-state index in [0.29, 0.717) is 17.7 Å². The van der Waals surface area contributed by atoms with E-state index < -0.39 is 5.97 Å². The fourth-order valence-corrected chi connectivity index (χ4v) is 5.54. The van der Waals surface area contributed by atoms with Crippen molar-refractivity contribution in [2.24, 2.45) is 0 Å². The fourth-order valence-electron chi connectivity index (χ4n) is 5.54. The minimum atomic E-state index is -0.926. The van der Waals surface area contributed by atoms with Crippen LogP contribution in [-0.4, -0.2) is 20.6 Å². The molecule has 0 aliphatic heterocycles. The maximum absolute atomic E-state index is 13.6. The maximum atomic E-state index is 13.6. The van der Waals surface area contributed by atoms with E-state index in [1.807, 2.05) is 24.3 Å². The van der Waals surface area contributed by atoms with Gasteiger partial charge in [-0.2, -0.15) is 0 Å². The Morgan fingerprint density at radius 3 is 2.10 bits per heavy atom. The average Bonchev–Trinajstić information content (AvgIpc) is 3.23. The topological polar surface area (TPSA) is 72.2 Å². The lowest BCUT2D eigenvalue weighted by molar-refractivity contribution is 0.0697. The van der Waals surface area contributed by atoms with Crippen LogP contribution in [-0.2, 0) is 25.8 Å². The summed E-state index contributed by atoms with van der Waals surface area (Å²) in [4.78, 5) is 30.4. The first-order chi connectivity index (χ1) is 20.0. The summed E-state index contributed by atoms with van der Waals surface area (Å²) in [6, 6.07) is 19.4. The lowest BCUT2D eigenvalue weighted by atomic mass is 9.99. The summed E-state index contributed by atoms with van der Waals surface area (Å²) in [5.74, 6) is 0.142. The third-order valence-corrected chi connectivity index (χ3v) is 7.94. The molecule has 0 saturated carbocycles. The van der Waals surface area contributed by atoms with Crippen molar-refractivity contribution >= 4 is 17.0 Å². The van der Waals surface area contributed by atoms with Crippen molar-refractivity contribution < 1.29 is 9.90 Å². The number of fused-ring (bicyclic) bond motifs is 1.